The maximum absolute atomic E-state index is 5.31. The first kappa shape index (κ1) is 11.3. The maximum Gasteiger partial charge on any atom is 0.111 e. The summed E-state index contributed by atoms with van der Waals surface area (Å²) in [6, 6.07) is 0. The van der Waals surface area contributed by atoms with Gasteiger partial charge in [-0.1, -0.05) is 39.8 Å². The van der Waals surface area contributed by atoms with E-state index in [1.54, 1.807) is 6.08 Å². The summed E-state index contributed by atoms with van der Waals surface area (Å²) in [4.78, 5) is 0. The van der Waals surface area contributed by atoms with Crippen LogP contribution in [-0.4, -0.2) is 6.61 Å². The van der Waals surface area contributed by atoms with Gasteiger partial charge in [0, 0.05) is 0 Å². The van der Waals surface area contributed by atoms with Crippen molar-refractivity contribution in [3.05, 3.63) is 25.0 Å². The van der Waals surface area contributed by atoms with Crippen LogP contribution in [-0.2, 0) is 4.74 Å². The van der Waals surface area contributed by atoms with E-state index in [9.17, 15) is 0 Å². The van der Waals surface area contributed by atoms with Gasteiger partial charge in [-0.3, -0.25) is 0 Å². The molecule has 0 heterocycles. The zero-order chi connectivity index (χ0) is 9.40. The molecule has 0 atom stereocenters. The van der Waals surface area contributed by atoms with E-state index < -0.39 is 0 Å². The first-order valence-electron chi connectivity index (χ1n) is 4.68. The predicted molar refractivity (Wildman–Crippen MR) is 54.0 cm³/mol. The van der Waals surface area contributed by atoms with Crippen molar-refractivity contribution < 1.29 is 4.74 Å². The van der Waals surface area contributed by atoms with E-state index in [2.05, 4.69) is 27.0 Å². The number of rotatable bonds is 7. The van der Waals surface area contributed by atoms with Gasteiger partial charge < -0.3 is 4.74 Å². The fraction of sp³-hybridized carbons (Fsp3) is 0.636. The SMILES string of the molecule is C=CC(=C)OCCC(CC)CC. The molecular formula is C11H20O. The van der Waals surface area contributed by atoms with E-state index >= 15 is 0 Å². The Bertz CT molecular complexity index is 134. The van der Waals surface area contributed by atoms with Crippen molar-refractivity contribution in [2.75, 3.05) is 6.61 Å². The van der Waals surface area contributed by atoms with Gasteiger partial charge in [0.1, 0.15) is 5.76 Å². The van der Waals surface area contributed by atoms with Crippen LogP contribution in [0, 0.1) is 5.92 Å². The molecule has 0 radical (unpaired) electrons. The van der Waals surface area contributed by atoms with Crippen LogP contribution in [0.1, 0.15) is 33.1 Å². The molecular weight excluding hydrogens is 148 g/mol. The highest BCUT2D eigenvalue weighted by molar-refractivity contribution is 5.01. The number of hydrogen-bond acceptors (Lipinski definition) is 1. The molecule has 1 heteroatoms. The van der Waals surface area contributed by atoms with Crippen LogP contribution in [0.2, 0.25) is 0 Å². The van der Waals surface area contributed by atoms with Gasteiger partial charge in [0.15, 0.2) is 0 Å². The topological polar surface area (TPSA) is 9.23 Å². The molecule has 12 heavy (non-hydrogen) atoms. The summed E-state index contributed by atoms with van der Waals surface area (Å²) in [5.41, 5.74) is 0. The molecule has 0 aromatic rings. The molecule has 0 fully saturated rings. The predicted octanol–water partition coefficient (Wildman–Crippen LogP) is 3.53. The third-order valence-corrected chi connectivity index (χ3v) is 2.20. The van der Waals surface area contributed by atoms with Gasteiger partial charge in [-0.15, -0.1) is 0 Å². The monoisotopic (exact) mass is 168 g/mol. The minimum absolute atomic E-state index is 0.681. The van der Waals surface area contributed by atoms with Crippen molar-refractivity contribution in [3.63, 3.8) is 0 Å². The van der Waals surface area contributed by atoms with Crippen LogP contribution in [0.25, 0.3) is 0 Å². The molecule has 0 saturated carbocycles. The Morgan fingerprint density at radius 1 is 1.42 bits per heavy atom. The molecule has 0 aliphatic rings. The van der Waals surface area contributed by atoms with Crippen molar-refractivity contribution in [3.8, 4) is 0 Å². The van der Waals surface area contributed by atoms with E-state index in [0.29, 0.717) is 5.76 Å². The molecule has 0 unspecified atom stereocenters. The minimum atomic E-state index is 0.681. The first-order valence-corrected chi connectivity index (χ1v) is 4.68. The zero-order valence-electron chi connectivity index (χ0n) is 8.31. The lowest BCUT2D eigenvalue weighted by Gasteiger charge is -2.12. The molecule has 0 aliphatic carbocycles. The Morgan fingerprint density at radius 3 is 2.42 bits per heavy atom. The zero-order valence-corrected chi connectivity index (χ0v) is 8.31. The van der Waals surface area contributed by atoms with Crippen LogP contribution < -0.4 is 0 Å². The Hall–Kier alpha value is -0.720. The number of ether oxygens (including phenoxy) is 1. The van der Waals surface area contributed by atoms with Crippen LogP contribution in [0.3, 0.4) is 0 Å². The summed E-state index contributed by atoms with van der Waals surface area (Å²) in [7, 11) is 0. The summed E-state index contributed by atoms with van der Waals surface area (Å²) in [5, 5.41) is 0. The summed E-state index contributed by atoms with van der Waals surface area (Å²) >= 11 is 0. The van der Waals surface area contributed by atoms with Crippen molar-refractivity contribution in [1.29, 1.82) is 0 Å². The van der Waals surface area contributed by atoms with Crippen LogP contribution >= 0.6 is 0 Å². The Labute approximate surface area is 76.1 Å². The lowest BCUT2D eigenvalue weighted by Crippen LogP contribution is -2.02. The third kappa shape index (κ3) is 5.00. The van der Waals surface area contributed by atoms with Gasteiger partial charge in [-0.25, -0.2) is 0 Å². The second kappa shape index (κ2) is 6.96. The minimum Gasteiger partial charge on any atom is -0.494 e. The van der Waals surface area contributed by atoms with Crippen molar-refractivity contribution >= 4 is 0 Å². The van der Waals surface area contributed by atoms with Gasteiger partial charge in [-0.2, -0.15) is 0 Å². The van der Waals surface area contributed by atoms with Crippen molar-refractivity contribution in [2.45, 2.75) is 33.1 Å². The second-order valence-electron chi connectivity index (χ2n) is 2.99. The maximum atomic E-state index is 5.31. The summed E-state index contributed by atoms with van der Waals surface area (Å²) < 4.78 is 5.31. The van der Waals surface area contributed by atoms with Gasteiger partial charge in [0.05, 0.1) is 6.61 Å². The fourth-order valence-electron chi connectivity index (χ4n) is 1.11. The number of hydrogen-bond donors (Lipinski definition) is 0. The molecule has 1 nitrogen and oxygen atoms in total. The van der Waals surface area contributed by atoms with Crippen LogP contribution in [0.4, 0.5) is 0 Å². The molecule has 0 aliphatic heterocycles. The van der Waals surface area contributed by atoms with E-state index in [0.717, 1.165) is 18.9 Å². The molecule has 0 saturated heterocycles. The molecule has 0 rings (SSSR count). The highest BCUT2D eigenvalue weighted by Crippen LogP contribution is 2.12. The molecule has 70 valence electrons. The van der Waals surface area contributed by atoms with Crippen LogP contribution in [0.5, 0.6) is 0 Å². The molecule has 0 N–H and O–H groups in total. The largest absolute Gasteiger partial charge is 0.494 e. The van der Waals surface area contributed by atoms with Gasteiger partial charge in [-0.05, 0) is 18.4 Å². The number of allylic oxidation sites excluding steroid dienone is 1. The second-order valence-corrected chi connectivity index (χ2v) is 2.99. The van der Waals surface area contributed by atoms with E-state index in [4.69, 9.17) is 4.74 Å². The van der Waals surface area contributed by atoms with Crippen LogP contribution in [0.15, 0.2) is 25.0 Å². The standard InChI is InChI=1S/C11H20O/c1-5-10(4)12-9-8-11(6-2)7-3/h5,11H,1,4,6-9H2,2-3H3. The Kier molecular flexibility index (Phi) is 6.54. The summed E-state index contributed by atoms with van der Waals surface area (Å²) in [6.07, 6.45) is 5.24. The summed E-state index contributed by atoms with van der Waals surface area (Å²) in [6.45, 7) is 12.5. The molecule has 0 aromatic carbocycles. The van der Waals surface area contributed by atoms with Crippen molar-refractivity contribution in [1.82, 2.24) is 0 Å². The quantitative estimate of drug-likeness (QED) is 0.417. The third-order valence-electron chi connectivity index (χ3n) is 2.20. The van der Waals surface area contributed by atoms with Crippen molar-refractivity contribution in [2.24, 2.45) is 5.92 Å². The Balaban J connectivity index is 3.40. The molecule has 0 amide bonds. The highest BCUT2D eigenvalue weighted by atomic mass is 16.5. The van der Waals surface area contributed by atoms with Gasteiger partial charge in [0.2, 0.25) is 0 Å². The average Bonchev–Trinajstić information content (AvgIpc) is 2.12. The van der Waals surface area contributed by atoms with Gasteiger partial charge >= 0.3 is 0 Å². The van der Waals surface area contributed by atoms with E-state index in [1.807, 2.05) is 0 Å². The van der Waals surface area contributed by atoms with E-state index in [-0.39, 0.29) is 0 Å². The first-order chi connectivity index (χ1) is 5.74. The summed E-state index contributed by atoms with van der Waals surface area (Å²) in [5.74, 6) is 1.48. The van der Waals surface area contributed by atoms with E-state index in [1.165, 1.54) is 12.8 Å². The average molecular weight is 168 g/mol. The molecule has 0 aromatic heterocycles. The fourth-order valence-corrected chi connectivity index (χ4v) is 1.11. The lowest BCUT2D eigenvalue weighted by atomic mass is 10.0. The lowest BCUT2D eigenvalue weighted by molar-refractivity contribution is 0.198. The molecule has 0 spiro atoms. The molecule has 0 bridgehead atoms. The highest BCUT2D eigenvalue weighted by Gasteiger charge is 2.02. The Morgan fingerprint density at radius 2 is 2.00 bits per heavy atom. The normalized spacial score (nSPS) is 9.92. The smallest absolute Gasteiger partial charge is 0.111 e. The van der Waals surface area contributed by atoms with Gasteiger partial charge in [0.25, 0.3) is 0 Å².